The van der Waals surface area contributed by atoms with Crippen molar-refractivity contribution in [2.45, 2.75) is 90.5 Å². The number of allylic oxidation sites excluding steroid dienone is 2. The molecule has 0 aliphatic carbocycles. The summed E-state index contributed by atoms with van der Waals surface area (Å²) in [7, 11) is 0. The predicted octanol–water partition coefficient (Wildman–Crippen LogP) is 4.68. The Balaban J connectivity index is 1.15. The number of carbonyl (C=O) groups excluding carboxylic acids is 6. The van der Waals surface area contributed by atoms with Crippen LogP contribution in [0.25, 0.3) is 49.1 Å². The van der Waals surface area contributed by atoms with Crippen LogP contribution < -0.4 is 31.9 Å². The molecule has 8 bridgehead atoms. The molecule has 0 saturated heterocycles. The van der Waals surface area contributed by atoms with Crippen LogP contribution in [0.3, 0.4) is 0 Å². The topological polar surface area (TPSA) is 346 Å². The molecule has 0 aromatic carbocycles. The van der Waals surface area contributed by atoms with Gasteiger partial charge in [-0.15, -0.1) is 68.0 Å². The van der Waals surface area contributed by atoms with Crippen LogP contribution >= 0.6 is 68.0 Å². The van der Waals surface area contributed by atoms with Crippen molar-refractivity contribution in [1.82, 2.24) is 66.8 Å². The number of hydrogen-bond acceptors (Lipinski definition) is 23. The zero-order chi connectivity index (χ0) is 55.5. The summed E-state index contributed by atoms with van der Waals surface area (Å²) >= 11 is 6.67. The Morgan fingerprint density at radius 2 is 1.19 bits per heavy atom. The van der Waals surface area contributed by atoms with Crippen molar-refractivity contribution in [2.75, 3.05) is 6.54 Å². The van der Waals surface area contributed by atoms with Crippen molar-refractivity contribution < 1.29 is 49.2 Å². The van der Waals surface area contributed by atoms with Crippen molar-refractivity contribution in [3.8, 4) is 43.4 Å². The largest absolute Gasteiger partial charge is 0.392 e. The summed E-state index contributed by atoms with van der Waals surface area (Å²) in [4.78, 5) is 114. The number of pyridine rings is 1. The lowest BCUT2D eigenvalue weighted by Crippen LogP contribution is -2.52. The molecule has 10 N–H and O–H groups in total. The van der Waals surface area contributed by atoms with E-state index >= 15 is 0 Å². The molecular formula is C48H49N13O10S6. The monoisotopic (exact) mass is 1160 g/mol. The summed E-state index contributed by atoms with van der Waals surface area (Å²) in [5, 5.41) is 69.9. The van der Waals surface area contributed by atoms with Crippen molar-refractivity contribution >= 4 is 109 Å². The van der Waals surface area contributed by atoms with E-state index in [1.807, 2.05) is 0 Å². The third-order valence-electron chi connectivity index (χ3n) is 11.2. The highest BCUT2D eigenvalue weighted by atomic mass is 32.1. The van der Waals surface area contributed by atoms with Gasteiger partial charge in [-0.2, -0.15) is 0 Å². The molecule has 7 aromatic rings. The lowest BCUT2D eigenvalue weighted by molar-refractivity contribution is -0.124. The maximum absolute atomic E-state index is 13.9. The third kappa shape index (κ3) is 12.9. The molecule has 1 unspecified atom stereocenters. The average molecular weight is 1160 g/mol. The number of fused-ring (bicyclic) bond motifs is 11. The van der Waals surface area contributed by atoms with E-state index in [1.165, 1.54) is 79.6 Å². The second-order valence-electron chi connectivity index (χ2n) is 17.7. The zero-order valence-corrected chi connectivity index (χ0v) is 46.7. The van der Waals surface area contributed by atoms with Gasteiger partial charge in [-0.1, -0.05) is 12.2 Å². The summed E-state index contributed by atoms with van der Waals surface area (Å²) < 4.78 is 0. The first kappa shape index (κ1) is 56.3. The molecule has 6 atom stereocenters. The molecule has 7 aromatic heterocycles. The van der Waals surface area contributed by atoms with Crippen LogP contribution in [-0.2, 0) is 9.59 Å². The van der Waals surface area contributed by atoms with Crippen LogP contribution in [0.1, 0.15) is 118 Å². The summed E-state index contributed by atoms with van der Waals surface area (Å²) in [5.41, 5.74) is 0.232. The first-order valence-corrected chi connectivity index (χ1v) is 28.6. The fourth-order valence-electron chi connectivity index (χ4n) is 7.21. The Morgan fingerprint density at radius 3 is 1.86 bits per heavy atom. The number of aromatic nitrogens is 7. The van der Waals surface area contributed by atoms with Crippen molar-refractivity contribution in [3.05, 3.63) is 100 Å². The van der Waals surface area contributed by atoms with Crippen molar-refractivity contribution in [2.24, 2.45) is 0 Å². The molecule has 1 aliphatic rings. The van der Waals surface area contributed by atoms with Crippen LogP contribution in [0, 0.1) is 0 Å². The molecule has 0 saturated carbocycles. The molecule has 23 nitrogen and oxygen atoms in total. The minimum atomic E-state index is -1.59. The van der Waals surface area contributed by atoms with Crippen LogP contribution in [0.5, 0.6) is 0 Å². The Labute approximate surface area is 462 Å². The van der Waals surface area contributed by atoms with Gasteiger partial charge in [0.05, 0.1) is 35.3 Å². The van der Waals surface area contributed by atoms with Crippen LogP contribution in [0.15, 0.2) is 62.3 Å². The average Bonchev–Trinajstić information content (AvgIpc) is 4.26. The molecule has 29 heteroatoms. The highest BCUT2D eigenvalue weighted by Crippen LogP contribution is 2.38. The number of hydrogen-bond donors (Lipinski definition) is 10. The number of rotatable bonds is 10. The smallest absolute Gasteiger partial charge is 0.275 e. The van der Waals surface area contributed by atoms with E-state index in [2.05, 4.69) is 51.8 Å². The lowest BCUT2D eigenvalue weighted by atomic mass is 9.99. The van der Waals surface area contributed by atoms with Gasteiger partial charge in [0.1, 0.15) is 93.7 Å². The fraction of sp³-hybridized carbons (Fsp3) is 0.312. The molecular weight excluding hydrogens is 1110 g/mol. The number of thiazole rings is 6. The van der Waals surface area contributed by atoms with Gasteiger partial charge in [0, 0.05) is 44.4 Å². The quantitative estimate of drug-likeness (QED) is 0.0831. The molecule has 1 aliphatic heterocycles. The standard InChI is InChI=1S/C48H49N13O10S6/c1-8-23(36(65)49-12-19(3)62)51-37(66)27-15-74-45(56-27)31-18-75-44(58-31)25-11-10-22-34(50-25)26-13-76-46(53-26)33(21(5)64)60-39(68)29-17-77-47(57-29)35(48(6,7)71)61-40(69)30-16-73-43(55-30)24(9-2)52-41(70)32(20(4)63)59-38(67)28-14-72-42(22)54-28/h8-11,13-21,32-33,35,62-64,71H,12H2,1-7H3,(H,49,65)(H,51,66)(H,52,70)(H,59,67)(H,60,68)(H,61,69)/t19-,20-,21-,32+,33?,35-/m1/s1. The number of nitrogens with zero attached hydrogens (tertiary/aromatic N) is 7. The second-order valence-corrected chi connectivity index (χ2v) is 22.9. The molecule has 8 heterocycles. The molecule has 8 rings (SSSR count). The summed E-state index contributed by atoms with van der Waals surface area (Å²) in [6.45, 7) is 10.5. The third-order valence-corrected chi connectivity index (χ3v) is 16.5. The Kier molecular flexibility index (Phi) is 17.4. The van der Waals surface area contributed by atoms with Crippen LogP contribution in [0.4, 0.5) is 0 Å². The van der Waals surface area contributed by atoms with E-state index in [4.69, 9.17) is 15.0 Å². The van der Waals surface area contributed by atoms with E-state index in [0.29, 0.717) is 37.7 Å². The van der Waals surface area contributed by atoms with E-state index in [1.54, 1.807) is 36.7 Å². The summed E-state index contributed by atoms with van der Waals surface area (Å²) in [5.74, 6) is -4.15. The first-order chi connectivity index (χ1) is 36.6. The second kappa shape index (κ2) is 23.8. The number of aliphatic hydroxyl groups is 4. The minimum absolute atomic E-state index is 0.00724. The molecule has 0 radical (unpaired) electrons. The summed E-state index contributed by atoms with van der Waals surface area (Å²) in [6, 6.07) is -0.252. The highest BCUT2D eigenvalue weighted by Gasteiger charge is 2.35. The number of carbonyl (C=O) groups is 6. The van der Waals surface area contributed by atoms with Gasteiger partial charge in [-0.3, -0.25) is 28.8 Å². The van der Waals surface area contributed by atoms with E-state index in [-0.39, 0.29) is 61.4 Å². The van der Waals surface area contributed by atoms with Crippen LogP contribution in [-0.4, -0.2) is 127 Å². The van der Waals surface area contributed by atoms with Gasteiger partial charge >= 0.3 is 0 Å². The highest BCUT2D eigenvalue weighted by molar-refractivity contribution is 7.15. The number of aliphatic hydroxyl groups excluding tert-OH is 3. The Morgan fingerprint density at radius 1 is 0.649 bits per heavy atom. The van der Waals surface area contributed by atoms with Gasteiger partial charge in [0.2, 0.25) is 5.91 Å². The number of amides is 6. The molecule has 77 heavy (non-hydrogen) atoms. The molecule has 0 fully saturated rings. The minimum Gasteiger partial charge on any atom is -0.392 e. The Bertz CT molecular complexity index is 3430. The summed E-state index contributed by atoms with van der Waals surface area (Å²) in [6.07, 6.45) is -0.384. The number of nitrogens with one attached hydrogen (secondary N) is 6. The Hall–Kier alpha value is -6.93. The first-order valence-electron chi connectivity index (χ1n) is 23.3. The van der Waals surface area contributed by atoms with E-state index in [9.17, 15) is 49.2 Å². The molecule has 0 spiro atoms. The normalized spacial score (nSPS) is 18.6. The predicted molar refractivity (Wildman–Crippen MR) is 292 cm³/mol. The maximum Gasteiger partial charge on any atom is 0.275 e. The maximum atomic E-state index is 13.9. The van der Waals surface area contributed by atoms with Crippen molar-refractivity contribution in [3.63, 3.8) is 0 Å². The van der Waals surface area contributed by atoms with Gasteiger partial charge in [-0.05, 0) is 60.6 Å². The van der Waals surface area contributed by atoms with Gasteiger partial charge in [0.15, 0.2) is 0 Å². The fourth-order valence-corrected chi connectivity index (χ4v) is 12.4. The van der Waals surface area contributed by atoms with E-state index < -0.39 is 77.5 Å². The van der Waals surface area contributed by atoms with Crippen LogP contribution in [0.2, 0.25) is 0 Å². The van der Waals surface area contributed by atoms with Crippen molar-refractivity contribution in [1.29, 1.82) is 0 Å². The van der Waals surface area contributed by atoms with Gasteiger partial charge in [-0.25, -0.2) is 34.9 Å². The SMILES string of the molecule is CC=C(NC(=O)c1csc(-c2csc(-c3ccc4c(n3)-c3csc(n3)C([C@@H](C)O)NC(=O)c3csc(n3)[C@H](C(C)(C)O)NC(=O)c3csc(n3)C(=CC)NC(=O)[C@H]([C@@H](C)O)NC(=O)c3csc-4n3)n2)n1)C(=O)NC[C@@H](C)O. The lowest BCUT2D eigenvalue weighted by Gasteiger charge is -2.28. The van der Waals surface area contributed by atoms with Gasteiger partial charge in [0.25, 0.3) is 29.5 Å². The van der Waals surface area contributed by atoms with Gasteiger partial charge < -0.3 is 52.3 Å². The van der Waals surface area contributed by atoms with E-state index in [0.717, 1.165) is 56.7 Å². The molecule has 6 amide bonds. The molecule has 402 valence electrons. The zero-order valence-electron chi connectivity index (χ0n) is 41.8.